The maximum atomic E-state index is 11.8. The molecule has 24 heavy (non-hydrogen) atoms. The molecule has 0 amide bonds. The lowest BCUT2D eigenvalue weighted by atomic mass is 9.75. The van der Waals surface area contributed by atoms with Gasteiger partial charge in [0.25, 0.3) is 0 Å². The van der Waals surface area contributed by atoms with Gasteiger partial charge in [0.2, 0.25) is 0 Å². The Balaban J connectivity index is 1.94. The van der Waals surface area contributed by atoms with Gasteiger partial charge in [-0.2, -0.15) is 0 Å². The predicted octanol–water partition coefficient (Wildman–Crippen LogP) is 3.97. The van der Waals surface area contributed by atoms with E-state index in [1.54, 1.807) is 7.11 Å². The Morgan fingerprint density at radius 1 is 1.25 bits per heavy atom. The molecule has 1 aromatic carbocycles. The van der Waals surface area contributed by atoms with Crippen LogP contribution in [0.4, 0.5) is 0 Å². The Morgan fingerprint density at radius 2 is 2.00 bits per heavy atom. The number of hydrogen-bond acceptors (Lipinski definition) is 3. The highest BCUT2D eigenvalue weighted by atomic mass is 16.5. The van der Waals surface area contributed by atoms with Gasteiger partial charge in [0, 0.05) is 12.5 Å². The number of nitrogens with zero attached hydrogens (tertiary/aromatic N) is 1. The highest BCUT2D eigenvalue weighted by Gasteiger charge is 2.50. The van der Waals surface area contributed by atoms with Gasteiger partial charge < -0.3 is 14.7 Å². The topological polar surface area (TPSA) is 32.7 Å². The maximum absolute atomic E-state index is 11.8. The summed E-state index contributed by atoms with van der Waals surface area (Å²) in [7, 11) is 5.92. The van der Waals surface area contributed by atoms with Crippen molar-refractivity contribution < 1.29 is 9.84 Å². The number of ether oxygens (including phenoxy) is 1. The number of rotatable bonds is 5. The molecule has 2 saturated carbocycles. The average molecular weight is 329 g/mol. The Hall–Kier alpha value is -1.32. The minimum absolute atomic E-state index is 0.340. The van der Waals surface area contributed by atoms with E-state index < -0.39 is 5.60 Å². The van der Waals surface area contributed by atoms with Gasteiger partial charge in [0.15, 0.2) is 0 Å². The summed E-state index contributed by atoms with van der Waals surface area (Å²) in [6.45, 7) is 0.961. The van der Waals surface area contributed by atoms with Crippen LogP contribution in [0, 0.1) is 11.8 Å². The quantitative estimate of drug-likeness (QED) is 0.887. The first kappa shape index (κ1) is 17.5. The van der Waals surface area contributed by atoms with Gasteiger partial charge in [0.1, 0.15) is 5.75 Å². The van der Waals surface area contributed by atoms with Gasteiger partial charge in [-0.15, -0.1) is 0 Å². The van der Waals surface area contributed by atoms with Gasteiger partial charge in [-0.3, -0.25) is 0 Å². The fraction of sp³-hybridized carbons (Fsp3) is 0.619. The van der Waals surface area contributed by atoms with Crippen molar-refractivity contribution in [1.29, 1.82) is 0 Å². The van der Waals surface area contributed by atoms with Crippen molar-refractivity contribution in [3.8, 4) is 5.75 Å². The fourth-order valence-electron chi connectivity index (χ4n) is 4.77. The van der Waals surface area contributed by atoms with Crippen molar-refractivity contribution in [1.82, 2.24) is 4.90 Å². The maximum Gasteiger partial charge on any atom is 0.119 e. The minimum Gasteiger partial charge on any atom is -0.497 e. The second-order valence-corrected chi connectivity index (χ2v) is 7.75. The third-order valence-electron chi connectivity index (χ3n) is 5.90. The lowest BCUT2D eigenvalue weighted by molar-refractivity contribution is -0.0251. The van der Waals surface area contributed by atoms with E-state index in [-0.39, 0.29) is 0 Å². The molecule has 0 spiro atoms. The monoisotopic (exact) mass is 329 g/mol. The lowest BCUT2D eigenvalue weighted by Crippen LogP contribution is -2.45. The van der Waals surface area contributed by atoms with Crippen LogP contribution in [0.25, 0.3) is 6.08 Å². The molecule has 1 aromatic rings. The standard InChI is InChI=1S/C21H31NO2/c1-22(2)15-19-12-11-18(21(19,23)17-8-4-5-9-17)13-16-7-6-10-20(14-16)24-3/h6-7,10,13-14,17,19,23H,4-5,8-9,11-12,15H2,1-3H3/b18-13+. The lowest BCUT2D eigenvalue weighted by Gasteiger charge is -2.38. The molecule has 0 radical (unpaired) electrons. The van der Waals surface area contributed by atoms with E-state index in [1.165, 1.54) is 18.4 Å². The SMILES string of the molecule is COc1cccc(/C=C2\CCC(CN(C)C)C2(O)C2CCCC2)c1. The summed E-state index contributed by atoms with van der Waals surface area (Å²) >= 11 is 0. The second kappa shape index (κ2) is 7.28. The van der Waals surface area contributed by atoms with Crippen LogP contribution in [-0.4, -0.2) is 43.4 Å². The largest absolute Gasteiger partial charge is 0.497 e. The number of hydrogen-bond donors (Lipinski definition) is 1. The predicted molar refractivity (Wildman–Crippen MR) is 99.2 cm³/mol. The highest BCUT2D eigenvalue weighted by Crippen LogP contribution is 2.51. The molecule has 3 rings (SSSR count). The number of aliphatic hydroxyl groups is 1. The molecule has 3 heteroatoms. The van der Waals surface area contributed by atoms with E-state index in [9.17, 15) is 5.11 Å². The minimum atomic E-state index is -0.635. The zero-order valence-corrected chi connectivity index (χ0v) is 15.3. The zero-order valence-electron chi connectivity index (χ0n) is 15.3. The Labute approximate surface area is 146 Å². The van der Waals surface area contributed by atoms with Gasteiger partial charge >= 0.3 is 0 Å². The Kier molecular flexibility index (Phi) is 5.31. The van der Waals surface area contributed by atoms with E-state index >= 15 is 0 Å². The molecule has 1 N–H and O–H groups in total. The van der Waals surface area contributed by atoms with Crippen LogP contribution in [0.15, 0.2) is 29.8 Å². The van der Waals surface area contributed by atoms with Gasteiger partial charge in [-0.1, -0.05) is 31.1 Å². The third-order valence-corrected chi connectivity index (χ3v) is 5.90. The molecule has 0 aromatic heterocycles. The number of benzene rings is 1. The van der Waals surface area contributed by atoms with Crippen LogP contribution < -0.4 is 4.74 Å². The summed E-state index contributed by atoms with van der Waals surface area (Å²) in [6.07, 6.45) is 9.15. The van der Waals surface area contributed by atoms with Crippen molar-refractivity contribution in [2.75, 3.05) is 27.7 Å². The summed E-state index contributed by atoms with van der Waals surface area (Å²) in [5, 5.41) is 11.8. The van der Waals surface area contributed by atoms with Crippen molar-refractivity contribution in [2.45, 2.75) is 44.1 Å². The molecule has 2 unspecified atom stereocenters. The molecule has 132 valence electrons. The molecule has 2 atom stereocenters. The molecular weight excluding hydrogens is 298 g/mol. The average Bonchev–Trinajstić information content (AvgIpc) is 3.19. The van der Waals surface area contributed by atoms with Crippen molar-refractivity contribution in [3.05, 3.63) is 35.4 Å². The second-order valence-electron chi connectivity index (χ2n) is 7.75. The summed E-state index contributed by atoms with van der Waals surface area (Å²) in [6, 6.07) is 8.14. The molecule has 2 aliphatic carbocycles. The Bertz CT molecular complexity index is 589. The zero-order chi connectivity index (χ0) is 17.2. The van der Waals surface area contributed by atoms with Crippen LogP contribution in [0.5, 0.6) is 5.75 Å². The van der Waals surface area contributed by atoms with Crippen molar-refractivity contribution >= 4 is 6.08 Å². The molecule has 0 bridgehead atoms. The van der Waals surface area contributed by atoms with Gasteiger partial charge in [0.05, 0.1) is 12.7 Å². The van der Waals surface area contributed by atoms with Gasteiger partial charge in [-0.25, -0.2) is 0 Å². The first-order chi connectivity index (χ1) is 11.5. The molecule has 0 heterocycles. The molecule has 2 aliphatic rings. The number of methoxy groups -OCH3 is 1. The van der Waals surface area contributed by atoms with Crippen molar-refractivity contribution in [3.63, 3.8) is 0 Å². The smallest absolute Gasteiger partial charge is 0.119 e. The van der Waals surface area contributed by atoms with E-state index in [0.29, 0.717) is 11.8 Å². The summed E-state index contributed by atoms with van der Waals surface area (Å²) in [5.74, 6) is 1.63. The van der Waals surface area contributed by atoms with Crippen LogP contribution >= 0.6 is 0 Å². The van der Waals surface area contributed by atoms with Crippen LogP contribution in [0.2, 0.25) is 0 Å². The van der Waals surface area contributed by atoms with E-state index in [1.807, 2.05) is 12.1 Å². The van der Waals surface area contributed by atoms with Crippen LogP contribution in [0.1, 0.15) is 44.1 Å². The van der Waals surface area contributed by atoms with E-state index in [2.05, 4.69) is 37.2 Å². The summed E-state index contributed by atoms with van der Waals surface area (Å²) in [4.78, 5) is 2.22. The van der Waals surface area contributed by atoms with Crippen LogP contribution in [-0.2, 0) is 0 Å². The molecular formula is C21H31NO2. The highest BCUT2D eigenvalue weighted by molar-refractivity contribution is 5.58. The molecule has 2 fully saturated rings. The Morgan fingerprint density at radius 3 is 2.67 bits per heavy atom. The first-order valence-corrected chi connectivity index (χ1v) is 9.26. The molecule has 0 aliphatic heterocycles. The summed E-state index contributed by atoms with van der Waals surface area (Å²) in [5.41, 5.74) is 1.73. The fourth-order valence-corrected chi connectivity index (χ4v) is 4.77. The van der Waals surface area contributed by atoms with Crippen molar-refractivity contribution in [2.24, 2.45) is 11.8 Å². The first-order valence-electron chi connectivity index (χ1n) is 9.26. The molecule has 3 nitrogen and oxygen atoms in total. The summed E-state index contributed by atoms with van der Waals surface area (Å²) < 4.78 is 5.35. The third kappa shape index (κ3) is 3.38. The molecule has 0 saturated heterocycles. The van der Waals surface area contributed by atoms with Crippen LogP contribution in [0.3, 0.4) is 0 Å². The normalized spacial score (nSPS) is 29.7. The van der Waals surface area contributed by atoms with E-state index in [0.717, 1.165) is 43.5 Å². The van der Waals surface area contributed by atoms with Gasteiger partial charge in [-0.05, 0) is 69.0 Å². The van der Waals surface area contributed by atoms with E-state index in [4.69, 9.17) is 4.74 Å².